The van der Waals surface area contributed by atoms with Crippen LogP contribution in [0.5, 0.6) is 0 Å². The molecule has 2 aliphatic rings. The Morgan fingerprint density at radius 2 is 1.57 bits per heavy atom. The van der Waals surface area contributed by atoms with Gasteiger partial charge in [-0.05, 0) is 47.9 Å². The Kier molecular flexibility index (Phi) is 7.21. The molecule has 1 aliphatic carbocycles. The SMILES string of the molecule is COC(=O)C1=C(N)N(c2cccc(F)c2)C2=C(C(=O)[C@@H](C(=O)OC)[C@H](c3ccccc3)C2)[C@@H]1c1ccc(F)cc1. The molecule has 0 spiro atoms. The van der Waals surface area contributed by atoms with Crippen LogP contribution in [0.25, 0.3) is 0 Å². The van der Waals surface area contributed by atoms with Gasteiger partial charge in [0.25, 0.3) is 0 Å². The van der Waals surface area contributed by atoms with Crippen molar-refractivity contribution in [1.82, 2.24) is 0 Å². The van der Waals surface area contributed by atoms with Gasteiger partial charge in [-0.1, -0.05) is 48.5 Å². The van der Waals surface area contributed by atoms with E-state index in [1.165, 1.54) is 61.6 Å². The average molecular weight is 545 g/mol. The number of Topliss-reactive ketones (excluding diaryl/α,β-unsaturated/α-hetero) is 1. The van der Waals surface area contributed by atoms with E-state index in [1.807, 2.05) is 18.2 Å². The molecule has 0 bridgehead atoms. The van der Waals surface area contributed by atoms with Crippen molar-refractivity contribution >= 4 is 23.4 Å². The Bertz CT molecular complexity index is 1550. The maximum absolute atomic E-state index is 14.5. The predicted octanol–water partition coefficient (Wildman–Crippen LogP) is 4.71. The molecule has 2 N–H and O–H groups in total. The fourth-order valence-electron chi connectivity index (χ4n) is 5.65. The van der Waals surface area contributed by atoms with Gasteiger partial charge in [-0.25, -0.2) is 13.6 Å². The van der Waals surface area contributed by atoms with Crippen LogP contribution in [0.2, 0.25) is 0 Å². The maximum atomic E-state index is 14.5. The van der Waals surface area contributed by atoms with Crippen molar-refractivity contribution in [3.63, 3.8) is 0 Å². The first-order chi connectivity index (χ1) is 19.3. The van der Waals surface area contributed by atoms with Gasteiger partial charge < -0.3 is 15.2 Å². The number of ether oxygens (including phenoxy) is 2. The molecule has 0 saturated heterocycles. The Balaban J connectivity index is 1.83. The number of hydrogen-bond donors (Lipinski definition) is 1. The zero-order valence-corrected chi connectivity index (χ0v) is 21.8. The Morgan fingerprint density at radius 3 is 2.20 bits per heavy atom. The third kappa shape index (κ3) is 4.53. The van der Waals surface area contributed by atoms with Gasteiger partial charge in [-0.15, -0.1) is 0 Å². The summed E-state index contributed by atoms with van der Waals surface area (Å²) < 4.78 is 38.5. The van der Waals surface area contributed by atoms with Crippen molar-refractivity contribution in [1.29, 1.82) is 0 Å². The number of carbonyl (C=O) groups excluding carboxylic acids is 3. The van der Waals surface area contributed by atoms with E-state index < -0.39 is 47.1 Å². The van der Waals surface area contributed by atoms with Crippen molar-refractivity contribution in [2.45, 2.75) is 18.3 Å². The minimum atomic E-state index is -1.23. The molecule has 0 saturated carbocycles. The maximum Gasteiger partial charge on any atom is 0.338 e. The fraction of sp³-hybridized carbons (Fsp3) is 0.194. The largest absolute Gasteiger partial charge is 0.468 e. The summed E-state index contributed by atoms with van der Waals surface area (Å²) in [6.45, 7) is 0. The number of allylic oxidation sites excluding steroid dienone is 2. The number of rotatable bonds is 5. The minimum Gasteiger partial charge on any atom is -0.468 e. The predicted molar refractivity (Wildman–Crippen MR) is 143 cm³/mol. The van der Waals surface area contributed by atoms with E-state index in [1.54, 1.807) is 18.2 Å². The Morgan fingerprint density at radius 1 is 0.875 bits per heavy atom. The van der Waals surface area contributed by atoms with Gasteiger partial charge in [0.2, 0.25) is 0 Å². The summed E-state index contributed by atoms with van der Waals surface area (Å²) >= 11 is 0. The number of esters is 2. The monoisotopic (exact) mass is 544 g/mol. The lowest BCUT2D eigenvalue weighted by atomic mass is 9.67. The topological polar surface area (TPSA) is 98.9 Å². The third-order valence-corrected chi connectivity index (χ3v) is 7.40. The van der Waals surface area contributed by atoms with Crippen molar-refractivity contribution in [2.24, 2.45) is 11.7 Å². The summed E-state index contributed by atoms with van der Waals surface area (Å²) in [5.41, 5.74) is 8.47. The molecule has 5 rings (SSSR count). The molecule has 3 aromatic carbocycles. The molecule has 0 aromatic heterocycles. The van der Waals surface area contributed by atoms with E-state index in [9.17, 15) is 23.2 Å². The number of benzene rings is 3. The second-order valence-corrected chi connectivity index (χ2v) is 9.54. The second kappa shape index (κ2) is 10.8. The van der Waals surface area contributed by atoms with Crippen molar-refractivity contribution in [2.75, 3.05) is 19.1 Å². The summed E-state index contributed by atoms with van der Waals surface area (Å²) in [4.78, 5) is 42.3. The number of methoxy groups -OCH3 is 2. The zero-order chi connectivity index (χ0) is 28.6. The highest BCUT2D eigenvalue weighted by Crippen LogP contribution is 2.51. The lowest BCUT2D eigenvalue weighted by Gasteiger charge is -2.44. The molecule has 204 valence electrons. The first-order valence-corrected chi connectivity index (χ1v) is 12.6. The van der Waals surface area contributed by atoms with Crippen LogP contribution in [0.3, 0.4) is 0 Å². The second-order valence-electron chi connectivity index (χ2n) is 9.54. The van der Waals surface area contributed by atoms with E-state index in [0.717, 1.165) is 5.56 Å². The standard InChI is InChI=1S/C31H26F2N2O5/c1-39-30(37)25-22(17-7-4-3-5-8-17)16-23-26(28(25)36)24(18-11-13-19(32)14-12-18)27(31(38)40-2)29(34)35(23)21-10-6-9-20(33)15-21/h3-15,22,24-25H,16,34H2,1-2H3/t22-,24-,25-/m0/s1. The molecular weight excluding hydrogens is 518 g/mol. The lowest BCUT2D eigenvalue weighted by Crippen LogP contribution is -2.46. The van der Waals surface area contributed by atoms with E-state index in [-0.39, 0.29) is 29.1 Å². The third-order valence-electron chi connectivity index (χ3n) is 7.40. The van der Waals surface area contributed by atoms with Crippen LogP contribution in [0, 0.1) is 17.6 Å². The molecule has 1 aliphatic heterocycles. The lowest BCUT2D eigenvalue weighted by molar-refractivity contribution is -0.150. The van der Waals surface area contributed by atoms with Gasteiger partial charge in [0, 0.05) is 17.2 Å². The van der Waals surface area contributed by atoms with Gasteiger partial charge in [0.05, 0.1) is 31.4 Å². The summed E-state index contributed by atoms with van der Waals surface area (Å²) in [5.74, 6) is -6.23. The number of nitrogens with zero attached hydrogens (tertiary/aromatic N) is 1. The minimum absolute atomic E-state index is 0.0679. The van der Waals surface area contributed by atoms with Crippen LogP contribution < -0.4 is 10.6 Å². The summed E-state index contributed by atoms with van der Waals surface area (Å²) in [6, 6.07) is 19.9. The molecule has 40 heavy (non-hydrogen) atoms. The van der Waals surface area contributed by atoms with Crippen molar-refractivity contribution < 1.29 is 32.6 Å². The van der Waals surface area contributed by atoms with Crippen LogP contribution >= 0.6 is 0 Å². The molecule has 7 nitrogen and oxygen atoms in total. The van der Waals surface area contributed by atoms with E-state index in [4.69, 9.17) is 15.2 Å². The van der Waals surface area contributed by atoms with Gasteiger partial charge in [0.1, 0.15) is 23.4 Å². The molecule has 0 unspecified atom stereocenters. The summed E-state index contributed by atoms with van der Waals surface area (Å²) in [6.07, 6.45) is 0.133. The fourth-order valence-corrected chi connectivity index (χ4v) is 5.65. The van der Waals surface area contributed by atoms with E-state index >= 15 is 0 Å². The van der Waals surface area contributed by atoms with Crippen LogP contribution in [0.15, 0.2) is 102 Å². The van der Waals surface area contributed by atoms with Gasteiger partial charge in [0.15, 0.2) is 5.78 Å². The molecule has 0 radical (unpaired) electrons. The Hall–Kier alpha value is -4.79. The molecular formula is C31H26F2N2O5. The smallest absolute Gasteiger partial charge is 0.338 e. The molecule has 3 atom stereocenters. The number of ketones is 1. The molecule has 9 heteroatoms. The molecule has 3 aromatic rings. The van der Waals surface area contributed by atoms with Gasteiger partial charge in [-0.3, -0.25) is 14.5 Å². The first-order valence-electron chi connectivity index (χ1n) is 12.6. The van der Waals surface area contributed by atoms with E-state index in [2.05, 4.69) is 0 Å². The van der Waals surface area contributed by atoms with Crippen molar-refractivity contribution in [3.8, 4) is 0 Å². The number of hydrogen-bond acceptors (Lipinski definition) is 7. The highest BCUT2D eigenvalue weighted by Gasteiger charge is 2.51. The van der Waals surface area contributed by atoms with Gasteiger partial charge in [-0.2, -0.15) is 0 Å². The van der Waals surface area contributed by atoms with Crippen LogP contribution in [0.1, 0.15) is 29.4 Å². The quantitative estimate of drug-likeness (QED) is 0.367. The number of carbonyl (C=O) groups is 3. The number of anilines is 1. The molecule has 0 amide bonds. The summed E-state index contributed by atoms with van der Waals surface area (Å²) in [7, 11) is 2.38. The van der Waals surface area contributed by atoms with Crippen LogP contribution in [-0.4, -0.2) is 31.9 Å². The van der Waals surface area contributed by atoms with Crippen molar-refractivity contribution in [3.05, 3.63) is 124 Å². The molecule has 0 fully saturated rings. The Labute approximate surface area is 229 Å². The highest BCUT2D eigenvalue weighted by atomic mass is 19.1. The zero-order valence-electron chi connectivity index (χ0n) is 21.8. The number of halogens is 2. The van der Waals surface area contributed by atoms with E-state index in [0.29, 0.717) is 11.3 Å². The molecule has 1 heterocycles. The normalized spacial score (nSPS) is 20.8. The van der Waals surface area contributed by atoms with Gasteiger partial charge >= 0.3 is 11.9 Å². The summed E-state index contributed by atoms with van der Waals surface area (Å²) in [5, 5.41) is 0. The highest BCUT2D eigenvalue weighted by molar-refractivity contribution is 6.14. The van der Waals surface area contributed by atoms with Crippen LogP contribution in [0.4, 0.5) is 14.5 Å². The first kappa shape index (κ1) is 26.8. The average Bonchev–Trinajstić information content (AvgIpc) is 2.96. The van der Waals surface area contributed by atoms with Crippen LogP contribution in [-0.2, 0) is 23.9 Å². The number of nitrogens with two attached hydrogens (primary N) is 1.